The molecule has 0 aromatic carbocycles. The highest BCUT2D eigenvalue weighted by molar-refractivity contribution is 7.69. The number of hydrogen-bond donors (Lipinski definition) is 3. The van der Waals surface area contributed by atoms with Crippen molar-refractivity contribution in [2.75, 3.05) is 32.2 Å². The molecular formula is C5H14O3P+. The largest absolute Gasteiger partial charge is 0.392 e. The van der Waals surface area contributed by atoms with Crippen molar-refractivity contribution < 1.29 is 15.1 Å². The summed E-state index contributed by atoms with van der Waals surface area (Å²) in [6.45, 7) is 1.74. The molecule has 0 rings (SSSR count). The minimum Gasteiger partial charge on any atom is -0.392 e. The molecule has 0 spiro atoms. The van der Waals surface area contributed by atoms with Gasteiger partial charge in [0.2, 0.25) is 0 Å². The molecule has 0 unspecified atom stereocenters. The molecule has 0 aromatic rings. The predicted molar refractivity (Wildman–Crippen MR) is 39.0 cm³/mol. The molecule has 0 aliphatic rings. The number of aliphatic hydroxyl groups is 2. The van der Waals surface area contributed by atoms with E-state index in [1.165, 1.54) is 0 Å². The average molecular weight is 153 g/mol. The molecule has 0 heterocycles. The van der Waals surface area contributed by atoms with E-state index in [-0.39, 0.29) is 13.2 Å². The molecule has 3 nitrogen and oxygen atoms in total. The summed E-state index contributed by atoms with van der Waals surface area (Å²) in [5, 5.41) is 16.8. The maximum absolute atomic E-state index is 9.31. The van der Waals surface area contributed by atoms with Crippen LogP contribution in [0.5, 0.6) is 0 Å². The summed E-state index contributed by atoms with van der Waals surface area (Å²) < 4.78 is 0. The molecule has 0 bridgehead atoms. The van der Waals surface area contributed by atoms with Crippen LogP contribution in [0.2, 0.25) is 0 Å². The second-order valence-electron chi connectivity index (χ2n) is 2.23. The quantitative estimate of drug-likeness (QED) is 0.478. The summed E-state index contributed by atoms with van der Waals surface area (Å²) in [5.74, 6) is 0. The third-order valence-corrected chi connectivity index (χ3v) is 3.49. The van der Waals surface area contributed by atoms with Crippen LogP contribution >= 0.6 is 7.49 Å². The van der Waals surface area contributed by atoms with Gasteiger partial charge in [-0.25, -0.2) is 0 Å². The molecule has 0 aliphatic carbocycles. The zero-order chi connectivity index (χ0) is 7.33. The lowest BCUT2D eigenvalue weighted by Crippen LogP contribution is -2.07. The second kappa shape index (κ2) is 4.18. The van der Waals surface area contributed by atoms with Crippen LogP contribution < -0.4 is 0 Å². The normalized spacial score (nSPS) is 12.0. The van der Waals surface area contributed by atoms with E-state index in [1.54, 1.807) is 6.66 Å². The Morgan fingerprint density at radius 3 is 1.67 bits per heavy atom. The lowest BCUT2D eigenvalue weighted by Gasteiger charge is -2.11. The van der Waals surface area contributed by atoms with Gasteiger partial charge in [0, 0.05) is 0 Å². The van der Waals surface area contributed by atoms with Crippen molar-refractivity contribution >= 4 is 7.49 Å². The van der Waals surface area contributed by atoms with Crippen LogP contribution in [-0.4, -0.2) is 47.3 Å². The average Bonchev–Trinajstić information content (AvgIpc) is 1.64. The third-order valence-electron chi connectivity index (χ3n) is 1.16. The molecule has 0 radical (unpaired) electrons. The van der Waals surface area contributed by atoms with Crippen molar-refractivity contribution in [1.29, 1.82) is 0 Å². The summed E-state index contributed by atoms with van der Waals surface area (Å²) in [7, 11) is -1.94. The van der Waals surface area contributed by atoms with Gasteiger partial charge in [0.25, 0.3) is 0 Å². The Kier molecular flexibility index (Phi) is 4.32. The van der Waals surface area contributed by atoms with E-state index >= 15 is 0 Å². The maximum atomic E-state index is 9.31. The van der Waals surface area contributed by atoms with Gasteiger partial charge >= 0.3 is 0 Å². The van der Waals surface area contributed by atoms with E-state index in [0.29, 0.717) is 12.3 Å². The van der Waals surface area contributed by atoms with Crippen molar-refractivity contribution in [2.45, 2.75) is 0 Å². The van der Waals surface area contributed by atoms with Gasteiger partial charge in [-0.3, -0.25) is 4.89 Å². The topological polar surface area (TPSA) is 60.7 Å². The van der Waals surface area contributed by atoms with Gasteiger partial charge in [-0.1, -0.05) is 0 Å². The van der Waals surface area contributed by atoms with Crippen molar-refractivity contribution in [1.82, 2.24) is 0 Å². The zero-order valence-corrected chi connectivity index (χ0v) is 6.51. The van der Waals surface area contributed by atoms with Gasteiger partial charge in [-0.05, 0) is 0 Å². The first-order valence-corrected chi connectivity index (χ1v) is 5.47. The summed E-state index contributed by atoms with van der Waals surface area (Å²) in [6.07, 6.45) is 0.876. The monoisotopic (exact) mass is 153 g/mol. The van der Waals surface area contributed by atoms with Crippen molar-refractivity contribution in [3.05, 3.63) is 0 Å². The van der Waals surface area contributed by atoms with Crippen molar-refractivity contribution in [2.24, 2.45) is 0 Å². The Hall–Kier alpha value is 0.310. The first-order valence-electron chi connectivity index (χ1n) is 2.91. The Labute approximate surface area is 55.8 Å². The number of aliphatic hydroxyl groups excluding tert-OH is 2. The molecule has 0 aromatic heterocycles. The lowest BCUT2D eigenvalue weighted by molar-refractivity contribution is 0.309. The Morgan fingerprint density at radius 1 is 1.11 bits per heavy atom. The molecule has 0 fully saturated rings. The van der Waals surface area contributed by atoms with Crippen molar-refractivity contribution in [3.63, 3.8) is 0 Å². The first kappa shape index (κ1) is 9.31. The molecule has 9 heavy (non-hydrogen) atoms. The Morgan fingerprint density at radius 2 is 1.44 bits per heavy atom. The minimum atomic E-state index is -1.94. The van der Waals surface area contributed by atoms with Crippen LogP contribution in [0.15, 0.2) is 0 Å². The van der Waals surface area contributed by atoms with Gasteiger partial charge in [0.1, 0.15) is 19.8 Å². The first-order chi connectivity index (χ1) is 4.12. The molecule has 0 aliphatic heterocycles. The fourth-order valence-electron chi connectivity index (χ4n) is 0.543. The molecule has 0 amide bonds. The van der Waals surface area contributed by atoms with Crippen LogP contribution in [0.3, 0.4) is 0 Å². The molecule has 4 heteroatoms. The van der Waals surface area contributed by atoms with Crippen LogP contribution in [0.1, 0.15) is 0 Å². The summed E-state index contributed by atoms with van der Waals surface area (Å²) in [6, 6.07) is 0. The van der Waals surface area contributed by atoms with E-state index in [0.717, 1.165) is 0 Å². The highest BCUT2D eigenvalue weighted by atomic mass is 31.2. The van der Waals surface area contributed by atoms with Gasteiger partial charge in [0.15, 0.2) is 0 Å². The predicted octanol–water partition coefficient (Wildman–Crippen LogP) is -0.474. The fraction of sp³-hybridized carbons (Fsp3) is 1.00. The van der Waals surface area contributed by atoms with Crippen LogP contribution in [-0.2, 0) is 0 Å². The molecule has 3 N–H and O–H groups in total. The standard InChI is InChI=1S/C5H14O3P/c1-9(8,4-2-6)5-3-7/h6-8H,2-5H2,1H3/q+1. The van der Waals surface area contributed by atoms with E-state index in [9.17, 15) is 4.89 Å². The minimum absolute atomic E-state index is 0.0147. The summed E-state index contributed by atoms with van der Waals surface area (Å²) in [4.78, 5) is 9.31. The highest BCUT2D eigenvalue weighted by Gasteiger charge is 2.26. The molecular weight excluding hydrogens is 139 g/mol. The van der Waals surface area contributed by atoms with Crippen LogP contribution in [0, 0.1) is 0 Å². The van der Waals surface area contributed by atoms with E-state index < -0.39 is 7.49 Å². The van der Waals surface area contributed by atoms with E-state index in [4.69, 9.17) is 10.2 Å². The van der Waals surface area contributed by atoms with E-state index in [1.807, 2.05) is 0 Å². The molecule has 0 atom stereocenters. The lowest BCUT2D eigenvalue weighted by atomic mass is 10.9. The summed E-state index contributed by atoms with van der Waals surface area (Å²) in [5.41, 5.74) is 0. The molecule has 0 saturated heterocycles. The SMILES string of the molecule is C[P+](O)(CCO)CCO. The van der Waals surface area contributed by atoms with Crippen molar-refractivity contribution in [3.8, 4) is 0 Å². The zero-order valence-electron chi connectivity index (χ0n) is 5.62. The van der Waals surface area contributed by atoms with Gasteiger partial charge < -0.3 is 10.2 Å². The number of rotatable bonds is 4. The molecule has 0 saturated carbocycles. The smallest absolute Gasteiger partial charge is 0.143 e. The Balaban J connectivity index is 3.43. The highest BCUT2D eigenvalue weighted by Crippen LogP contribution is 2.48. The van der Waals surface area contributed by atoms with Gasteiger partial charge in [-0.15, -0.1) is 0 Å². The maximum Gasteiger partial charge on any atom is 0.143 e. The molecule has 56 valence electrons. The van der Waals surface area contributed by atoms with Crippen LogP contribution in [0.25, 0.3) is 0 Å². The van der Waals surface area contributed by atoms with Gasteiger partial charge in [-0.2, -0.15) is 0 Å². The van der Waals surface area contributed by atoms with Crippen LogP contribution in [0.4, 0.5) is 0 Å². The number of hydrogen-bond acceptors (Lipinski definition) is 3. The van der Waals surface area contributed by atoms with E-state index in [2.05, 4.69) is 0 Å². The Bertz CT molecular complexity index is 66.6. The third kappa shape index (κ3) is 4.79. The fourth-order valence-corrected chi connectivity index (χ4v) is 1.63. The second-order valence-corrected chi connectivity index (χ2v) is 5.81. The van der Waals surface area contributed by atoms with Gasteiger partial charge in [0.05, 0.1) is 19.9 Å². The summed E-state index contributed by atoms with van der Waals surface area (Å²) >= 11 is 0.